The topological polar surface area (TPSA) is 124 Å². The van der Waals surface area contributed by atoms with E-state index in [1.807, 2.05) is 0 Å². The van der Waals surface area contributed by atoms with E-state index in [1.165, 1.54) is 13.3 Å². The van der Waals surface area contributed by atoms with Crippen LogP contribution in [0.15, 0.2) is 30.7 Å². The number of aromatic nitrogens is 3. The predicted molar refractivity (Wildman–Crippen MR) is 94.3 cm³/mol. The quantitative estimate of drug-likeness (QED) is 0.466. The van der Waals surface area contributed by atoms with Gasteiger partial charge in [-0.3, -0.25) is 15.2 Å². The number of ether oxygens (including phenoxy) is 2. The van der Waals surface area contributed by atoms with E-state index >= 15 is 0 Å². The lowest BCUT2D eigenvalue weighted by atomic mass is 9.95. The molecule has 0 aliphatic rings. The highest BCUT2D eigenvalue weighted by Crippen LogP contribution is 2.20. The van der Waals surface area contributed by atoms with E-state index < -0.39 is 5.41 Å². The minimum absolute atomic E-state index is 0. The van der Waals surface area contributed by atoms with E-state index in [0.717, 1.165) is 5.56 Å². The Bertz CT molecular complexity index is 727. The van der Waals surface area contributed by atoms with Crippen molar-refractivity contribution in [2.75, 3.05) is 13.7 Å². The second kappa shape index (κ2) is 8.18. The molecule has 8 nitrogen and oxygen atoms in total. The van der Waals surface area contributed by atoms with Crippen molar-refractivity contribution in [2.45, 2.75) is 21.3 Å². The molecule has 0 saturated heterocycles. The van der Waals surface area contributed by atoms with Crippen LogP contribution < -0.4 is 10.5 Å². The average Bonchev–Trinajstić information content (AvgIpc) is 2.59. The lowest BCUT2D eigenvalue weighted by Crippen LogP contribution is -2.32. The number of nitrogens with two attached hydrogens (primary N) is 1. The van der Waals surface area contributed by atoms with Gasteiger partial charge in [0, 0.05) is 11.8 Å². The minimum atomic E-state index is -0.776. The third-order valence-electron chi connectivity index (χ3n) is 3.28. The van der Waals surface area contributed by atoms with Crippen LogP contribution >= 0.6 is 0 Å². The van der Waals surface area contributed by atoms with Gasteiger partial charge >= 0.3 is 5.97 Å². The number of carbonyl (C=O) groups excluding carboxylic acids is 1. The van der Waals surface area contributed by atoms with Crippen molar-refractivity contribution >= 4 is 11.8 Å². The van der Waals surface area contributed by atoms with Gasteiger partial charge in [-0.15, -0.1) is 0 Å². The Kier molecular flexibility index (Phi) is 6.55. The van der Waals surface area contributed by atoms with Gasteiger partial charge < -0.3 is 15.2 Å². The molecule has 3 N–H and O–H groups in total. The summed E-state index contributed by atoms with van der Waals surface area (Å²) in [5.74, 6) is -0.141. The molecule has 25 heavy (non-hydrogen) atoms. The lowest BCUT2D eigenvalue weighted by molar-refractivity contribution is -0.152. The molecule has 0 amide bonds. The van der Waals surface area contributed by atoms with E-state index in [-0.39, 0.29) is 25.8 Å². The standard InChI is InChI=1S/C16H19N5O3.CH4/c1-16(2,15(22)23-3)9-24-13-8-20-12(7-21-13)10-4-5-11(14(17)18)19-6-10;/h4-8H,9H2,1-3H3,(H3,17,18);1H4. The molecule has 2 aromatic rings. The van der Waals surface area contributed by atoms with Gasteiger partial charge in [-0.2, -0.15) is 0 Å². The van der Waals surface area contributed by atoms with Gasteiger partial charge in [-0.25, -0.2) is 9.97 Å². The van der Waals surface area contributed by atoms with Crippen LogP contribution in [-0.4, -0.2) is 40.5 Å². The Balaban J connectivity index is 0.00000312. The van der Waals surface area contributed by atoms with Gasteiger partial charge in [-0.1, -0.05) is 7.43 Å². The number of rotatable bonds is 6. The Morgan fingerprint density at radius 1 is 1.20 bits per heavy atom. The molecule has 8 heteroatoms. The van der Waals surface area contributed by atoms with Crippen LogP contribution in [0.4, 0.5) is 0 Å². The molecule has 2 heterocycles. The number of amidine groups is 1. The number of carbonyl (C=O) groups is 1. The van der Waals surface area contributed by atoms with Crippen molar-refractivity contribution in [3.05, 3.63) is 36.4 Å². The summed E-state index contributed by atoms with van der Waals surface area (Å²) >= 11 is 0. The van der Waals surface area contributed by atoms with Gasteiger partial charge in [0.15, 0.2) is 0 Å². The summed E-state index contributed by atoms with van der Waals surface area (Å²) < 4.78 is 10.2. The Labute approximate surface area is 146 Å². The van der Waals surface area contributed by atoms with Crippen LogP contribution in [0.3, 0.4) is 0 Å². The SMILES string of the molecule is C.COC(=O)C(C)(C)COc1cnc(-c2ccc(C(=N)N)nc2)cn1. The fourth-order valence-electron chi connectivity index (χ4n) is 1.83. The van der Waals surface area contributed by atoms with Crippen LogP contribution in [0, 0.1) is 10.8 Å². The van der Waals surface area contributed by atoms with Gasteiger partial charge in [0.2, 0.25) is 5.88 Å². The van der Waals surface area contributed by atoms with Crippen molar-refractivity contribution in [2.24, 2.45) is 11.1 Å². The number of methoxy groups -OCH3 is 1. The van der Waals surface area contributed by atoms with Crippen molar-refractivity contribution < 1.29 is 14.3 Å². The highest BCUT2D eigenvalue weighted by molar-refractivity contribution is 5.93. The highest BCUT2D eigenvalue weighted by atomic mass is 16.5. The second-order valence-electron chi connectivity index (χ2n) is 5.75. The number of nitrogens with one attached hydrogen (secondary N) is 1. The Hall–Kier alpha value is -3.03. The number of hydrogen-bond donors (Lipinski definition) is 2. The molecular formula is C17H23N5O3. The molecular weight excluding hydrogens is 322 g/mol. The molecule has 2 rings (SSSR count). The van der Waals surface area contributed by atoms with Gasteiger partial charge in [0.1, 0.15) is 18.1 Å². The van der Waals surface area contributed by atoms with E-state index in [2.05, 4.69) is 15.0 Å². The Morgan fingerprint density at radius 3 is 2.40 bits per heavy atom. The lowest BCUT2D eigenvalue weighted by Gasteiger charge is -2.21. The molecule has 0 unspecified atom stereocenters. The van der Waals surface area contributed by atoms with Gasteiger partial charge in [-0.05, 0) is 26.0 Å². The van der Waals surface area contributed by atoms with Crippen molar-refractivity contribution in [3.63, 3.8) is 0 Å². The zero-order valence-electron chi connectivity index (χ0n) is 13.7. The number of hydrogen-bond acceptors (Lipinski definition) is 7. The van der Waals surface area contributed by atoms with E-state index in [9.17, 15) is 4.79 Å². The molecule has 0 bridgehead atoms. The maximum absolute atomic E-state index is 11.6. The molecule has 0 saturated carbocycles. The molecule has 0 aliphatic heterocycles. The van der Waals surface area contributed by atoms with Crippen molar-refractivity contribution in [3.8, 4) is 17.1 Å². The largest absolute Gasteiger partial charge is 0.475 e. The summed E-state index contributed by atoms with van der Waals surface area (Å²) in [5.41, 5.74) is 6.34. The zero-order chi connectivity index (χ0) is 17.7. The first-order chi connectivity index (χ1) is 11.3. The maximum atomic E-state index is 11.6. The van der Waals surface area contributed by atoms with Crippen LogP contribution in [0.1, 0.15) is 27.0 Å². The summed E-state index contributed by atoms with van der Waals surface area (Å²) in [6.45, 7) is 3.58. The molecule has 0 spiro atoms. The smallest absolute Gasteiger partial charge is 0.314 e. The van der Waals surface area contributed by atoms with Crippen LogP contribution in [0.25, 0.3) is 11.3 Å². The van der Waals surface area contributed by atoms with Gasteiger partial charge in [0.25, 0.3) is 0 Å². The molecule has 134 valence electrons. The molecule has 2 aromatic heterocycles. The highest BCUT2D eigenvalue weighted by Gasteiger charge is 2.29. The van der Waals surface area contributed by atoms with Crippen LogP contribution in [0.2, 0.25) is 0 Å². The zero-order valence-corrected chi connectivity index (χ0v) is 13.7. The van der Waals surface area contributed by atoms with Crippen molar-refractivity contribution in [1.82, 2.24) is 15.0 Å². The fraction of sp³-hybridized carbons (Fsp3) is 0.353. The predicted octanol–water partition coefficient (Wildman–Crippen LogP) is 2.04. The first-order valence-corrected chi connectivity index (χ1v) is 7.17. The van der Waals surface area contributed by atoms with Crippen molar-refractivity contribution in [1.29, 1.82) is 5.41 Å². The third-order valence-corrected chi connectivity index (χ3v) is 3.28. The number of esters is 1. The minimum Gasteiger partial charge on any atom is -0.475 e. The van der Waals surface area contributed by atoms with E-state index in [1.54, 1.807) is 38.4 Å². The molecule has 0 atom stereocenters. The number of nitrogen functional groups attached to an aromatic ring is 1. The molecule has 0 aliphatic carbocycles. The third kappa shape index (κ3) is 4.97. The Morgan fingerprint density at radius 2 is 1.92 bits per heavy atom. The normalized spacial score (nSPS) is 10.5. The second-order valence-corrected chi connectivity index (χ2v) is 5.75. The molecule has 0 radical (unpaired) electrons. The summed E-state index contributed by atoms with van der Waals surface area (Å²) in [6, 6.07) is 3.40. The summed E-state index contributed by atoms with van der Waals surface area (Å²) in [5, 5.41) is 7.32. The van der Waals surface area contributed by atoms with Gasteiger partial charge in [0.05, 0.1) is 30.6 Å². The first kappa shape index (κ1) is 20.0. The first-order valence-electron chi connectivity index (χ1n) is 7.17. The fourth-order valence-corrected chi connectivity index (χ4v) is 1.83. The molecule has 0 aromatic carbocycles. The monoisotopic (exact) mass is 345 g/mol. The van der Waals surface area contributed by atoms with E-state index in [0.29, 0.717) is 17.3 Å². The van der Waals surface area contributed by atoms with E-state index in [4.69, 9.17) is 20.6 Å². The maximum Gasteiger partial charge on any atom is 0.314 e. The summed E-state index contributed by atoms with van der Waals surface area (Å²) in [7, 11) is 1.34. The number of nitrogens with zero attached hydrogens (tertiary/aromatic N) is 3. The number of pyridine rings is 1. The average molecular weight is 345 g/mol. The summed E-state index contributed by atoms with van der Waals surface area (Å²) in [6.07, 6.45) is 4.59. The molecule has 0 fully saturated rings. The van der Waals surface area contributed by atoms with Crippen LogP contribution in [-0.2, 0) is 9.53 Å². The summed E-state index contributed by atoms with van der Waals surface area (Å²) in [4.78, 5) is 24.1. The van der Waals surface area contributed by atoms with Crippen LogP contribution in [0.5, 0.6) is 5.88 Å².